The highest BCUT2D eigenvalue weighted by Gasteiger charge is 2.27. The van der Waals surface area contributed by atoms with Crippen LogP contribution in [0.4, 0.5) is 11.4 Å². The fourth-order valence-corrected chi connectivity index (χ4v) is 7.93. The van der Waals surface area contributed by atoms with E-state index in [9.17, 15) is 0 Å². The van der Waals surface area contributed by atoms with E-state index in [4.69, 9.17) is 0 Å². The van der Waals surface area contributed by atoms with Crippen LogP contribution in [0.2, 0.25) is 0 Å². The molecule has 7 aromatic carbocycles. The second kappa shape index (κ2) is 11.2. The van der Waals surface area contributed by atoms with Crippen LogP contribution in [-0.4, -0.2) is 11.8 Å². The predicted molar refractivity (Wildman–Crippen MR) is 205 cm³/mol. The van der Waals surface area contributed by atoms with Crippen molar-refractivity contribution in [2.24, 2.45) is 0 Å². The smallest absolute Gasteiger partial charge is 0.198 e. The number of nitrogens with zero attached hydrogens (tertiary/aromatic N) is 1. The average molecular weight is 605 g/mol. The average Bonchev–Trinajstić information content (AvgIpc) is 3.43. The minimum atomic E-state index is 0.891. The number of para-hydroxylation sites is 1. The lowest BCUT2D eigenvalue weighted by Gasteiger charge is -2.26. The Morgan fingerprint density at radius 2 is 1.43 bits per heavy atom. The fourth-order valence-electron chi connectivity index (χ4n) is 7.93. The number of aromatic nitrogens is 1. The minimum Gasteiger partial charge on any atom is -0.355 e. The van der Waals surface area contributed by atoms with Crippen molar-refractivity contribution in [1.82, 2.24) is 4.57 Å². The highest BCUT2D eigenvalue weighted by atomic mass is 15.0. The van der Waals surface area contributed by atoms with Crippen molar-refractivity contribution in [2.75, 3.05) is 5.32 Å². The third-order valence-electron chi connectivity index (χ3n) is 10.2. The van der Waals surface area contributed by atoms with Gasteiger partial charge in [-0.2, -0.15) is 0 Å². The molecule has 0 saturated carbocycles. The molecule has 47 heavy (non-hydrogen) atoms. The number of rotatable bonds is 7. The van der Waals surface area contributed by atoms with Gasteiger partial charge in [0.1, 0.15) is 0 Å². The van der Waals surface area contributed by atoms with Gasteiger partial charge < -0.3 is 9.88 Å². The molecule has 0 saturated heterocycles. The van der Waals surface area contributed by atoms with E-state index in [1.807, 2.05) is 0 Å². The van der Waals surface area contributed by atoms with Gasteiger partial charge in [0.05, 0.1) is 5.52 Å². The van der Waals surface area contributed by atoms with Crippen molar-refractivity contribution >= 4 is 72.9 Å². The predicted octanol–water partition coefficient (Wildman–Crippen LogP) is 10.2. The van der Waals surface area contributed by atoms with E-state index >= 15 is 0 Å². The quantitative estimate of drug-likeness (QED) is 0.142. The summed E-state index contributed by atoms with van der Waals surface area (Å²) < 4.78 is 2.56. The van der Waals surface area contributed by atoms with Gasteiger partial charge in [0.2, 0.25) is 0 Å². The zero-order valence-electron chi connectivity index (χ0n) is 27.1. The molecule has 1 aliphatic rings. The van der Waals surface area contributed by atoms with Gasteiger partial charge in [-0.1, -0.05) is 116 Å². The van der Waals surface area contributed by atoms with E-state index in [1.54, 1.807) is 0 Å². The first-order valence-corrected chi connectivity index (χ1v) is 17.1. The Kier molecular flexibility index (Phi) is 6.67. The van der Waals surface area contributed by atoms with Gasteiger partial charge in [0.15, 0.2) is 7.28 Å². The maximum Gasteiger partial charge on any atom is 0.198 e. The summed E-state index contributed by atoms with van der Waals surface area (Å²) in [6, 6.07) is 47.7. The first kappa shape index (κ1) is 28.0. The van der Waals surface area contributed by atoms with Gasteiger partial charge in [0.25, 0.3) is 0 Å². The van der Waals surface area contributed by atoms with E-state index < -0.39 is 0 Å². The van der Waals surface area contributed by atoms with Crippen LogP contribution in [0.5, 0.6) is 0 Å². The monoisotopic (exact) mass is 604 g/mol. The largest absolute Gasteiger partial charge is 0.355 e. The summed E-state index contributed by atoms with van der Waals surface area (Å²) in [5.41, 5.74) is 14.2. The van der Waals surface area contributed by atoms with Gasteiger partial charge in [0, 0.05) is 38.9 Å². The molecule has 0 bridgehead atoms. The zero-order valence-corrected chi connectivity index (χ0v) is 27.1. The molecular weight excluding hydrogens is 567 g/mol. The second-order valence-corrected chi connectivity index (χ2v) is 13.3. The molecule has 1 aromatic heterocycles. The Labute approximate surface area is 276 Å². The lowest BCUT2D eigenvalue weighted by atomic mass is 9.58. The van der Waals surface area contributed by atoms with Gasteiger partial charge in [-0.25, -0.2) is 0 Å². The molecule has 1 N–H and O–H groups in total. The Hall–Kier alpha value is -5.28. The molecule has 0 spiro atoms. The van der Waals surface area contributed by atoms with Crippen LogP contribution < -0.4 is 16.2 Å². The van der Waals surface area contributed by atoms with Crippen molar-refractivity contribution in [2.45, 2.75) is 39.5 Å². The van der Waals surface area contributed by atoms with Crippen LogP contribution in [0.1, 0.15) is 37.3 Å². The molecule has 0 radical (unpaired) electrons. The molecule has 2 nitrogen and oxygen atoms in total. The summed E-state index contributed by atoms with van der Waals surface area (Å²) in [6.45, 7) is 4.47. The van der Waals surface area contributed by atoms with Crippen molar-refractivity contribution in [3.8, 4) is 16.8 Å². The topological polar surface area (TPSA) is 17.0 Å². The normalized spacial score (nSPS) is 12.1. The van der Waals surface area contributed by atoms with Crippen molar-refractivity contribution in [1.29, 1.82) is 0 Å². The Balaban J connectivity index is 1.27. The second-order valence-electron chi connectivity index (χ2n) is 13.3. The standard InChI is InChI=1S/C44H37BN2/c1-3-4-5-11-29-19-21-33(22-20-29)46-39-23-18-28(2)24-37(39)42-34-15-9-8-14-32(34)27-41-43(42)45-38-17-10-16-35-36-25-30-12-6-7-13-31(30)26-40(36)47(41)44(35)38/h6-10,12-27,45-46H,3-5,11H2,1-2H3. The molecule has 0 unspecified atom stereocenters. The van der Waals surface area contributed by atoms with Crippen LogP contribution in [0.3, 0.4) is 0 Å². The van der Waals surface area contributed by atoms with Crippen molar-refractivity contribution in [3.63, 3.8) is 0 Å². The summed E-state index contributed by atoms with van der Waals surface area (Å²) >= 11 is 0. The summed E-state index contributed by atoms with van der Waals surface area (Å²) in [5, 5.41) is 11.6. The molecule has 9 rings (SSSR count). The maximum absolute atomic E-state index is 3.84. The molecule has 8 aromatic rings. The maximum atomic E-state index is 3.84. The van der Waals surface area contributed by atoms with E-state index in [1.165, 1.54) is 101 Å². The Morgan fingerprint density at radius 3 is 2.26 bits per heavy atom. The number of aryl methyl sites for hydroxylation is 2. The highest BCUT2D eigenvalue weighted by molar-refractivity contribution is 6.74. The van der Waals surface area contributed by atoms with Gasteiger partial charge in [-0.15, -0.1) is 0 Å². The highest BCUT2D eigenvalue weighted by Crippen LogP contribution is 2.40. The number of hydrogen-bond donors (Lipinski definition) is 1. The third-order valence-corrected chi connectivity index (χ3v) is 10.2. The minimum absolute atomic E-state index is 0.891. The lowest BCUT2D eigenvalue weighted by Crippen LogP contribution is -2.37. The number of benzene rings is 7. The summed E-state index contributed by atoms with van der Waals surface area (Å²) in [5.74, 6) is 0. The molecule has 0 aliphatic carbocycles. The van der Waals surface area contributed by atoms with Gasteiger partial charge in [-0.05, 0) is 100 Å². The van der Waals surface area contributed by atoms with E-state index in [-0.39, 0.29) is 0 Å². The SMILES string of the molecule is CCCCCc1ccc(Nc2ccc(C)cc2-c2c3c(cc4ccccc24)-n2c4cc5ccccc5cc4c4cccc(c42)B3)cc1. The molecule has 1 aliphatic heterocycles. The fraction of sp³-hybridized carbons (Fsp3) is 0.136. The third kappa shape index (κ3) is 4.64. The Bertz CT molecular complexity index is 2490. The lowest BCUT2D eigenvalue weighted by molar-refractivity contribution is 0.717. The zero-order chi connectivity index (χ0) is 31.5. The first-order valence-electron chi connectivity index (χ1n) is 17.1. The van der Waals surface area contributed by atoms with Crippen LogP contribution in [0.15, 0.2) is 127 Å². The van der Waals surface area contributed by atoms with Crippen molar-refractivity contribution < 1.29 is 0 Å². The summed E-state index contributed by atoms with van der Waals surface area (Å²) in [6.07, 6.45) is 4.93. The molecule has 0 amide bonds. The van der Waals surface area contributed by atoms with Crippen LogP contribution >= 0.6 is 0 Å². The van der Waals surface area contributed by atoms with Crippen LogP contribution in [0, 0.1) is 6.92 Å². The molecule has 226 valence electrons. The summed E-state index contributed by atoms with van der Waals surface area (Å²) in [7, 11) is 0.891. The number of anilines is 2. The van der Waals surface area contributed by atoms with E-state index in [0.717, 1.165) is 25.1 Å². The first-order chi connectivity index (χ1) is 23.2. The number of nitrogens with one attached hydrogen (secondary N) is 1. The van der Waals surface area contributed by atoms with Crippen LogP contribution in [-0.2, 0) is 6.42 Å². The molecule has 3 heteroatoms. The van der Waals surface area contributed by atoms with Crippen LogP contribution in [0.25, 0.3) is 60.2 Å². The number of unbranched alkanes of at least 4 members (excludes halogenated alkanes) is 2. The molecule has 2 heterocycles. The Morgan fingerprint density at radius 1 is 0.660 bits per heavy atom. The molecule has 0 fully saturated rings. The van der Waals surface area contributed by atoms with E-state index in [0.29, 0.717) is 0 Å². The van der Waals surface area contributed by atoms with Gasteiger partial charge in [-0.3, -0.25) is 0 Å². The summed E-state index contributed by atoms with van der Waals surface area (Å²) in [4.78, 5) is 0. The van der Waals surface area contributed by atoms with E-state index in [2.05, 4.69) is 151 Å². The van der Waals surface area contributed by atoms with Gasteiger partial charge >= 0.3 is 0 Å². The number of hydrogen-bond acceptors (Lipinski definition) is 1. The number of fused-ring (bicyclic) bond motifs is 7. The molecular formula is C44H37BN2. The van der Waals surface area contributed by atoms with Crippen molar-refractivity contribution in [3.05, 3.63) is 139 Å². The molecule has 0 atom stereocenters.